The molecule has 15 heavy (non-hydrogen) atoms. The molecule has 0 aliphatic carbocycles. The highest BCUT2D eigenvalue weighted by Gasteiger charge is 1.97. The van der Waals surface area contributed by atoms with Gasteiger partial charge in [-0.3, -0.25) is 0 Å². The summed E-state index contributed by atoms with van der Waals surface area (Å²) in [6.45, 7) is 5.28. The van der Waals surface area contributed by atoms with Gasteiger partial charge in [-0.25, -0.2) is 0 Å². The van der Waals surface area contributed by atoms with Crippen molar-refractivity contribution in [3.05, 3.63) is 24.3 Å². The Kier molecular flexibility index (Phi) is 4.98. The molecular formula is C12H19NO2. The largest absolute Gasteiger partial charge is 0.494 e. The third-order valence-corrected chi connectivity index (χ3v) is 1.98. The number of hydrogen-bond acceptors (Lipinski definition) is 3. The lowest BCUT2D eigenvalue weighted by Gasteiger charge is -2.08. The average Bonchev–Trinajstić information content (AvgIpc) is 2.20. The van der Waals surface area contributed by atoms with Gasteiger partial charge in [-0.15, -0.1) is 0 Å². The van der Waals surface area contributed by atoms with Crippen molar-refractivity contribution in [2.75, 3.05) is 13.2 Å². The van der Waals surface area contributed by atoms with Crippen molar-refractivity contribution in [3.8, 4) is 11.5 Å². The molecular weight excluding hydrogens is 190 g/mol. The first-order valence-corrected chi connectivity index (χ1v) is 5.33. The van der Waals surface area contributed by atoms with E-state index in [2.05, 4.69) is 0 Å². The molecule has 0 amide bonds. The van der Waals surface area contributed by atoms with Crippen LogP contribution in [0.5, 0.6) is 11.5 Å². The van der Waals surface area contributed by atoms with E-state index in [1.54, 1.807) is 0 Å². The molecule has 1 atom stereocenters. The van der Waals surface area contributed by atoms with Crippen LogP contribution in [0.15, 0.2) is 24.3 Å². The zero-order valence-electron chi connectivity index (χ0n) is 9.40. The molecule has 1 rings (SSSR count). The van der Waals surface area contributed by atoms with Crippen LogP contribution in [-0.2, 0) is 0 Å². The summed E-state index contributed by atoms with van der Waals surface area (Å²) in [4.78, 5) is 0. The monoisotopic (exact) mass is 209 g/mol. The highest BCUT2D eigenvalue weighted by molar-refractivity contribution is 5.31. The number of nitrogens with two attached hydrogens (primary N) is 1. The van der Waals surface area contributed by atoms with Gasteiger partial charge in [0.1, 0.15) is 11.5 Å². The molecule has 1 unspecified atom stereocenters. The third-order valence-electron chi connectivity index (χ3n) is 1.98. The first-order valence-electron chi connectivity index (χ1n) is 5.33. The molecule has 0 saturated heterocycles. The number of ether oxygens (including phenoxy) is 2. The molecule has 3 nitrogen and oxygen atoms in total. The van der Waals surface area contributed by atoms with Gasteiger partial charge >= 0.3 is 0 Å². The summed E-state index contributed by atoms with van der Waals surface area (Å²) in [6.07, 6.45) is 0.868. The van der Waals surface area contributed by atoms with E-state index in [1.807, 2.05) is 38.1 Å². The fraction of sp³-hybridized carbons (Fsp3) is 0.500. The maximum atomic E-state index is 5.62. The number of hydrogen-bond donors (Lipinski definition) is 1. The third kappa shape index (κ3) is 4.70. The Labute approximate surface area is 91.2 Å². The van der Waals surface area contributed by atoms with Crippen LogP contribution in [0.4, 0.5) is 0 Å². The van der Waals surface area contributed by atoms with Gasteiger partial charge in [-0.05, 0) is 44.5 Å². The zero-order valence-corrected chi connectivity index (χ0v) is 9.40. The molecule has 0 aromatic heterocycles. The predicted octanol–water partition coefficient (Wildman–Crippen LogP) is 2.20. The van der Waals surface area contributed by atoms with Crippen LogP contribution < -0.4 is 15.2 Å². The topological polar surface area (TPSA) is 44.5 Å². The first kappa shape index (κ1) is 11.9. The van der Waals surface area contributed by atoms with Crippen LogP contribution in [0.1, 0.15) is 20.3 Å². The van der Waals surface area contributed by atoms with Gasteiger partial charge in [-0.1, -0.05) is 0 Å². The number of benzene rings is 1. The minimum Gasteiger partial charge on any atom is -0.494 e. The quantitative estimate of drug-likeness (QED) is 0.781. The van der Waals surface area contributed by atoms with Gasteiger partial charge in [0.25, 0.3) is 0 Å². The van der Waals surface area contributed by atoms with Gasteiger partial charge in [-0.2, -0.15) is 0 Å². The van der Waals surface area contributed by atoms with Crippen LogP contribution >= 0.6 is 0 Å². The lowest BCUT2D eigenvalue weighted by molar-refractivity contribution is 0.299. The summed E-state index contributed by atoms with van der Waals surface area (Å²) in [5, 5.41) is 0. The van der Waals surface area contributed by atoms with Gasteiger partial charge in [0.2, 0.25) is 0 Å². The molecule has 1 aromatic carbocycles. The van der Waals surface area contributed by atoms with Gasteiger partial charge < -0.3 is 15.2 Å². The van der Waals surface area contributed by atoms with Gasteiger partial charge in [0.05, 0.1) is 13.2 Å². The second-order valence-electron chi connectivity index (χ2n) is 3.52. The molecule has 2 N–H and O–H groups in total. The summed E-state index contributed by atoms with van der Waals surface area (Å²) in [6, 6.07) is 7.82. The fourth-order valence-corrected chi connectivity index (χ4v) is 1.16. The Bertz CT molecular complexity index is 269. The Balaban J connectivity index is 2.36. The second kappa shape index (κ2) is 6.30. The zero-order chi connectivity index (χ0) is 11.1. The Morgan fingerprint density at radius 1 is 1.13 bits per heavy atom. The summed E-state index contributed by atoms with van der Waals surface area (Å²) in [7, 11) is 0. The fourth-order valence-electron chi connectivity index (χ4n) is 1.16. The minimum atomic E-state index is 0.188. The average molecular weight is 209 g/mol. The Morgan fingerprint density at radius 3 is 2.13 bits per heavy atom. The molecule has 0 saturated carbocycles. The van der Waals surface area contributed by atoms with Crippen LogP contribution in [0, 0.1) is 0 Å². The molecule has 84 valence electrons. The van der Waals surface area contributed by atoms with E-state index in [0.29, 0.717) is 13.2 Å². The molecule has 0 fully saturated rings. The van der Waals surface area contributed by atoms with E-state index in [9.17, 15) is 0 Å². The lowest BCUT2D eigenvalue weighted by atomic mass is 10.3. The molecule has 0 spiro atoms. The molecule has 0 heterocycles. The molecule has 1 aromatic rings. The van der Waals surface area contributed by atoms with E-state index in [4.69, 9.17) is 15.2 Å². The maximum Gasteiger partial charge on any atom is 0.119 e. The Morgan fingerprint density at radius 2 is 1.67 bits per heavy atom. The van der Waals surface area contributed by atoms with Crippen molar-refractivity contribution >= 4 is 0 Å². The SMILES string of the molecule is CCOc1ccc(OCCC(C)N)cc1. The van der Waals surface area contributed by atoms with Gasteiger partial charge in [0.15, 0.2) is 0 Å². The summed E-state index contributed by atoms with van der Waals surface area (Å²) >= 11 is 0. The summed E-state index contributed by atoms with van der Waals surface area (Å²) in [5.41, 5.74) is 5.62. The lowest BCUT2D eigenvalue weighted by Crippen LogP contribution is -2.18. The second-order valence-corrected chi connectivity index (χ2v) is 3.52. The highest BCUT2D eigenvalue weighted by Crippen LogP contribution is 2.17. The van der Waals surface area contributed by atoms with E-state index >= 15 is 0 Å². The van der Waals surface area contributed by atoms with E-state index in [1.165, 1.54) is 0 Å². The van der Waals surface area contributed by atoms with Crippen molar-refractivity contribution in [2.45, 2.75) is 26.3 Å². The standard InChI is InChI=1S/C12H19NO2/c1-3-14-11-4-6-12(7-5-11)15-9-8-10(2)13/h4-7,10H,3,8-9,13H2,1-2H3. The van der Waals surface area contributed by atoms with E-state index in [0.717, 1.165) is 17.9 Å². The van der Waals surface area contributed by atoms with Crippen molar-refractivity contribution in [1.82, 2.24) is 0 Å². The molecule has 0 radical (unpaired) electrons. The smallest absolute Gasteiger partial charge is 0.119 e. The van der Waals surface area contributed by atoms with E-state index in [-0.39, 0.29) is 6.04 Å². The molecule has 0 aliphatic rings. The van der Waals surface area contributed by atoms with Crippen LogP contribution in [0.3, 0.4) is 0 Å². The van der Waals surface area contributed by atoms with Crippen molar-refractivity contribution < 1.29 is 9.47 Å². The van der Waals surface area contributed by atoms with Crippen LogP contribution in [-0.4, -0.2) is 19.3 Å². The molecule has 0 aliphatic heterocycles. The van der Waals surface area contributed by atoms with Crippen molar-refractivity contribution in [2.24, 2.45) is 5.73 Å². The first-order chi connectivity index (χ1) is 7.22. The van der Waals surface area contributed by atoms with Crippen LogP contribution in [0.25, 0.3) is 0 Å². The molecule has 0 bridgehead atoms. The highest BCUT2D eigenvalue weighted by atomic mass is 16.5. The normalized spacial score (nSPS) is 12.2. The summed E-state index contributed by atoms with van der Waals surface area (Å²) in [5.74, 6) is 1.73. The predicted molar refractivity (Wildman–Crippen MR) is 61.4 cm³/mol. The van der Waals surface area contributed by atoms with Gasteiger partial charge in [0, 0.05) is 6.04 Å². The van der Waals surface area contributed by atoms with Crippen LogP contribution in [0.2, 0.25) is 0 Å². The molecule has 3 heteroatoms. The number of rotatable bonds is 6. The Hall–Kier alpha value is -1.22. The maximum absolute atomic E-state index is 5.62. The van der Waals surface area contributed by atoms with Crippen molar-refractivity contribution in [1.29, 1.82) is 0 Å². The summed E-state index contributed by atoms with van der Waals surface area (Å²) < 4.78 is 10.8. The van der Waals surface area contributed by atoms with E-state index < -0.39 is 0 Å². The minimum absolute atomic E-state index is 0.188. The van der Waals surface area contributed by atoms with Crippen molar-refractivity contribution in [3.63, 3.8) is 0 Å².